The van der Waals surface area contributed by atoms with Crippen LogP contribution in [0.25, 0.3) is 0 Å². The maximum atomic E-state index is 11.8. The highest BCUT2D eigenvalue weighted by molar-refractivity contribution is 7.09. The number of nitrogens with zero attached hydrogens (tertiary/aromatic N) is 6. The monoisotopic (exact) mass is 318 g/mol. The van der Waals surface area contributed by atoms with Gasteiger partial charge in [0.05, 0.1) is 13.1 Å². The number of likely N-dealkylation sites (N-methyl/N-ethyl adjacent to an activating group) is 1. The van der Waals surface area contributed by atoms with Crippen LogP contribution in [-0.2, 0) is 11.3 Å². The second kappa shape index (κ2) is 6.27. The van der Waals surface area contributed by atoms with E-state index in [1.54, 1.807) is 28.8 Å². The number of anilines is 2. The highest BCUT2D eigenvalue weighted by atomic mass is 32.1. The van der Waals surface area contributed by atoms with Gasteiger partial charge in [0.1, 0.15) is 23.0 Å². The Kier molecular flexibility index (Phi) is 4.19. The van der Waals surface area contributed by atoms with E-state index in [9.17, 15) is 4.79 Å². The average Bonchev–Trinajstić information content (AvgIpc) is 3.03. The maximum Gasteiger partial charge on any atom is 0.241 e. The van der Waals surface area contributed by atoms with E-state index in [2.05, 4.69) is 15.0 Å². The minimum absolute atomic E-state index is 0.113. The van der Waals surface area contributed by atoms with Gasteiger partial charge in [-0.15, -0.1) is 11.3 Å². The third-order valence-corrected chi connectivity index (χ3v) is 4.43. The van der Waals surface area contributed by atoms with Gasteiger partial charge < -0.3 is 14.7 Å². The molecule has 1 aliphatic heterocycles. The molecular formula is C14H18N6OS. The molecule has 0 atom stereocenters. The van der Waals surface area contributed by atoms with Crippen LogP contribution in [0.5, 0.6) is 0 Å². The molecule has 0 saturated carbocycles. The molecule has 0 bridgehead atoms. The number of hydrogen-bond donors (Lipinski definition) is 0. The number of aromatic nitrogens is 3. The molecule has 3 heterocycles. The first-order valence-electron chi connectivity index (χ1n) is 7.04. The maximum absolute atomic E-state index is 11.8. The predicted octanol–water partition coefficient (Wildman–Crippen LogP) is 0.848. The standard InChI is InChI=1S/C14H18N6OS/c1-18-4-5-20(9-14(18)21)12-7-11(16-10-17-12)19(2)8-13-15-3-6-22-13/h3,6-7,10H,4-5,8-9H2,1-2H3. The molecule has 1 aliphatic rings. The summed E-state index contributed by atoms with van der Waals surface area (Å²) in [7, 11) is 3.80. The summed E-state index contributed by atoms with van der Waals surface area (Å²) in [6.45, 7) is 2.57. The third-order valence-electron chi connectivity index (χ3n) is 3.67. The molecule has 1 amide bonds. The van der Waals surface area contributed by atoms with E-state index in [0.29, 0.717) is 19.6 Å². The summed E-state index contributed by atoms with van der Waals surface area (Å²) in [6.07, 6.45) is 3.35. The summed E-state index contributed by atoms with van der Waals surface area (Å²) >= 11 is 1.62. The van der Waals surface area contributed by atoms with E-state index in [4.69, 9.17) is 0 Å². The molecule has 22 heavy (non-hydrogen) atoms. The van der Waals surface area contributed by atoms with Gasteiger partial charge in [0.15, 0.2) is 0 Å². The van der Waals surface area contributed by atoms with E-state index < -0.39 is 0 Å². The predicted molar refractivity (Wildman–Crippen MR) is 86.1 cm³/mol. The minimum atomic E-state index is 0.113. The first-order chi connectivity index (χ1) is 10.6. The Labute approximate surface area is 133 Å². The molecule has 0 radical (unpaired) electrons. The van der Waals surface area contributed by atoms with Crippen LogP contribution < -0.4 is 9.80 Å². The zero-order valence-corrected chi connectivity index (χ0v) is 13.5. The molecule has 0 aliphatic carbocycles. The highest BCUT2D eigenvalue weighted by Gasteiger charge is 2.22. The Hall–Kier alpha value is -2.22. The van der Waals surface area contributed by atoms with Crippen LogP contribution in [0.1, 0.15) is 5.01 Å². The molecule has 2 aromatic heterocycles. The Balaban J connectivity index is 1.73. The third kappa shape index (κ3) is 3.16. The van der Waals surface area contributed by atoms with Crippen molar-refractivity contribution in [2.75, 3.05) is 43.5 Å². The van der Waals surface area contributed by atoms with Gasteiger partial charge in [0.2, 0.25) is 5.91 Å². The van der Waals surface area contributed by atoms with Crippen molar-refractivity contribution in [1.82, 2.24) is 19.9 Å². The van der Waals surface area contributed by atoms with Gasteiger partial charge in [0, 0.05) is 44.8 Å². The number of piperazine rings is 1. The molecule has 2 aromatic rings. The van der Waals surface area contributed by atoms with Crippen LogP contribution in [0.4, 0.5) is 11.6 Å². The van der Waals surface area contributed by atoms with Crippen molar-refractivity contribution in [3.8, 4) is 0 Å². The number of hydrogen-bond acceptors (Lipinski definition) is 7. The smallest absolute Gasteiger partial charge is 0.241 e. The van der Waals surface area contributed by atoms with Crippen LogP contribution in [0.3, 0.4) is 0 Å². The van der Waals surface area contributed by atoms with Crippen LogP contribution in [0.2, 0.25) is 0 Å². The Morgan fingerprint density at radius 2 is 2.18 bits per heavy atom. The SMILES string of the molecule is CN1CCN(c2cc(N(C)Cc3nccs3)ncn2)CC1=O. The van der Waals surface area contributed by atoms with Gasteiger partial charge in [-0.05, 0) is 0 Å². The molecular weight excluding hydrogens is 300 g/mol. The molecule has 7 nitrogen and oxygen atoms in total. The van der Waals surface area contributed by atoms with E-state index in [1.807, 2.05) is 35.3 Å². The number of rotatable bonds is 4. The molecule has 116 valence electrons. The first-order valence-corrected chi connectivity index (χ1v) is 7.92. The fraction of sp³-hybridized carbons (Fsp3) is 0.429. The van der Waals surface area contributed by atoms with Gasteiger partial charge in [-0.1, -0.05) is 0 Å². The Morgan fingerprint density at radius 1 is 1.32 bits per heavy atom. The molecule has 8 heteroatoms. The van der Waals surface area contributed by atoms with Gasteiger partial charge in [0.25, 0.3) is 0 Å². The van der Waals surface area contributed by atoms with Crippen molar-refractivity contribution in [1.29, 1.82) is 0 Å². The van der Waals surface area contributed by atoms with E-state index in [-0.39, 0.29) is 5.91 Å². The van der Waals surface area contributed by atoms with Gasteiger partial charge in [-0.25, -0.2) is 15.0 Å². The van der Waals surface area contributed by atoms with Crippen molar-refractivity contribution in [2.45, 2.75) is 6.54 Å². The second-order valence-corrected chi connectivity index (χ2v) is 6.23. The molecule has 1 saturated heterocycles. The van der Waals surface area contributed by atoms with Gasteiger partial charge in [-0.2, -0.15) is 0 Å². The van der Waals surface area contributed by atoms with E-state index in [0.717, 1.165) is 23.2 Å². The zero-order valence-electron chi connectivity index (χ0n) is 12.6. The van der Waals surface area contributed by atoms with E-state index in [1.165, 1.54) is 0 Å². The normalized spacial score (nSPS) is 15.3. The average molecular weight is 318 g/mol. The number of amides is 1. The summed E-state index contributed by atoms with van der Waals surface area (Å²) in [5.41, 5.74) is 0. The lowest BCUT2D eigenvalue weighted by atomic mass is 10.3. The van der Waals surface area contributed by atoms with Crippen LogP contribution in [0.15, 0.2) is 24.0 Å². The topological polar surface area (TPSA) is 65.5 Å². The second-order valence-electron chi connectivity index (χ2n) is 5.25. The fourth-order valence-electron chi connectivity index (χ4n) is 2.29. The Bertz CT molecular complexity index is 647. The fourth-order valence-corrected chi connectivity index (χ4v) is 2.96. The summed E-state index contributed by atoms with van der Waals surface area (Å²) in [5.74, 6) is 1.73. The quantitative estimate of drug-likeness (QED) is 0.833. The number of carbonyl (C=O) groups is 1. The van der Waals surface area contributed by atoms with Crippen molar-refractivity contribution in [3.63, 3.8) is 0 Å². The molecule has 1 fully saturated rings. The summed E-state index contributed by atoms with van der Waals surface area (Å²) in [4.78, 5) is 30.5. The summed E-state index contributed by atoms with van der Waals surface area (Å²) in [5, 5.41) is 3.00. The van der Waals surface area contributed by atoms with Crippen LogP contribution in [-0.4, -0.2) is 59.5 Å². The van der Waals surface area contributed by atoms with Crippen molar-refractivity contribution in [2.24, 2.45) is 0 Å². The van der Waals surface area contributed by atoms with Crippen LogP contribution >= 0.6 is 11.3 Å². The van der Waals surface area contributed by atoms with E-state index >= 15 is 0 Å². The Morgan fingerprint density at radius 3 is 2.91 bits per heavy atom. The number of carbonyl (C=O) groups excluding carboxylic acids is 1. The lowest BCUT2D eigenvalue weighted by molar-refractivity contribution is -0.129. The first kappa shape index (κ1) is 14.7. The number of thiazole rings is 1. The zero-order chi connectivity index (χ0) is 15.5. The molecule has 0 unspecified atom stereocenters. The van der Waals surface area contributed by atoms with Crippen molar-refractivity contribution in [3.05, 3.63) is 29.0 Å². The van der Waals surface area contributed by atoms with Gasteiger partial charge >= 0.3 is 0 Å². The molecule has 3 rings (SSSR count). The highest BCUT2D eigenvalue weighted by Crippen LogP contribution is 2.20. The minimum Gasteiger partial charge on any atom is -0.353 e. The molecule has 0 aromatic carbocycles. The lowest BCUT2D eigenvalue weighted by Gasteiger charge is -2.33. The molecule has 0 N–H and O–H groups in total. The van der Waals surface area contributed by atoms with Gasteiger partial charge in [-0.3, -0.25) is 4.79 Å². The van der Waals surface area contributed by atoms with Crippen molar-refractivity contribution < 1.29 is 4.79 Å². The lowest BCUT2D eigenvalue weighted by Crippen LogP contribution is -2.48. The molecule has 0 spiro atoms. The van der Waals surface area contributed by atoms with Crippen LogP contribution in [0, 0.1) is 0 Å². The summed E-state index contributed by atoms with van der Waals surface area (Å²) in [6, 6.07) is 1.92. The summed E-state index contributed by atoms with van der Waals surface area (Å²) < 4.78 is 0. The largest absolute Gasteiger partial charge is 0.353 e. The van der Waals surface area contributed by atoms with Crippen molar-refractivity contribution >= 4 is 28.9 Å².